The Balaban J connectivity index is 1.49. The summed E-state index contributed by atoms with van der Waals surface area (Å²) in [7, 11) is 0. The Kier molecular flexibility index (Phi) is 4.95. The molecule has 1 aliphatic rings. The molecule has 1 fully saturated rings. The smallest absolute Gasteiger partial charge is 0.287 e. The minimum Gasteiger partial charge on any atom is -0.451 e. The highest BCUT2D eigenvalue weighted by atomic mass is 16.5. The van der Waals surface area contributed by atoms with Crippen LogP contribution in [-0.2, 0) is 4.74 Å². The number of hydrogen-bond donors (Lipinski definition) is 1. The molecule has 1 N–H and O–H groups in total. The molecular formula is C20H21N3O3. The van der Waals surface area contributed by atoms with Crippen LogP contribution in [0.15, 0.2) is 59.1 Å². The van der Waals surface area contributed by atoms with E-state index in [4.69, 9.17) is 9.15 Å². The molecule has 0 spiro atoms. The molecule has 2 aromatic heterocycles. The second-order valence-corrected chi connectivity index (χ2v) is 6.28. The van der Waals surface area contributed by atoms with Gasteiger partial charge in [-0.2, -0.15) is 0 Å². The number of amides is 1. The van der Waals surface area contributed by atoms with Crippen LogP contribution in [0.25, 0.3) is 11.0 Å². The minimum atomic E-state index is -0.213. The molecule has 26 heavy (non-hydrogen) atoms. The fourth-order valence-electron chi connectivity index (χ4n) is 3.25. The number of carbonyl (C=O) groups excluding carboxylic acids is 1. The van der Waals surface area contributed by atoms with E-state index < -0.39 is 0 Å². The maximum Gasteiger partial charge on any atom is 0.287 e. The first-order valence-electron chi connectivity index (χ1n) is 8.81. The van der Waals surface area contributed by atoms with E-state index in [9.17, 15) is 4.79 Å². The van der Waals surface area contributed by atoms with E-state index in [1.54, 1.807) is 12.3 Å². The predicted octanol–water partition coefficient (Wildman–Crippen LogP) is 2.63. The van der Waals surface area contributed by atoms with Gasteiger partial charge in [-0.25, -0.2) is 0 Å². The molecule has 3 heterocycles. The standard InChI is InChI=1S/C20H21N3O3/c24-20(19-13-15-5-1-2-7-18(15)26-19)22-14-17(16-6-3-4-8-21-16)23-9-11-25-12-10-23/h1-8,13,17H,9-12,14H2,(H,22,24)/t17-/m0/s1. The molecule has 1 atom stereocenters. The lowest BCUT2D eigenvalue weighted by atomic mass is 10.1. The molecular weight excluding hydrogens is 330 g/mol. The van der Waals surface area contributed by atoms with Crippen LogP contribution in [0.2, 0.25) is 0 Å². The van der Waals surface area contributed by atoms with Crippen LogP contribution < -0.4 is 5.32 Å². The number of morpholine rings is 1. The summed E-state index contributed by atoms with van der Waals surface area (Å²) in [6.07, 6.45) is 1.78. The van der Waals surface area contributed by atoms with Crippen molar-refractivity contribution in [2.24, 2.45) is 0 Å². The highest BCUT2D eigenvalue weighted by Gasteiger charge is 2.24. The summed E-state index contributed by atoms with van der Waals surface area (Å²) in [6.45, 7) is 3.50. The molecule has 0 saturated carbocycles. The molecule has 134 valence electrons. The number of benzene rings is 1. The summed E-state index contributed by atoms with van der Waals surface area (Å²) in [5.74, 6) is 0.114. The second kappa shape index (κ2) is 7.68. The van der Waals surface area contributed by atoms with E-state index in [1.165, 1.54) is 0 Å². The van der Waals surface area contributed by atoms with Crippen LogP contribution in [0.3, 0.4) is 0 Å². The number of para-hydroxylation sites is 1. The third-order valence-corrected chi connectivity index (χ3v) is 4.62. The van der Waals surface area contributed by atoms with Crippen LogP contribution in [0.5, 0.6) is 0 Å². The molecule has 4 rings (SSSR count). The first kappa shape index (κ1) is 16.8. The normalized spacial score (nSPS) is 16.5. The van der Waals surface area contributed by atoms with Crippen molar-refractivity contribution >= 4 is 16.9 Å². The maximum atomic E-state index is 12.6. The van der Waals surface area contributed by atoms with Crippen LogP contribution in [0, 0.1) is 0 Å². The highest BCUT2D eigenvalue weighted by molar-refractivity contribution is 5.96. The van der Waals surface area contributed by atoms with Gasteiger partial charge in [0.05, 0.1) is 24.9 Å². The molecule has 6 heteroatoms. The minimum absolute atomic E-state index is 0.00780. The molecule has 1 amide bonds. The van der Waals surface area contributed by atoms with Gasteiger partial charge in [-0.05, 0) is 24.3 Å². The molecule has 0 bridgehead atoms. The van der Waals surface area contributed by atoms with Crippen LogP contribution in [-0.4, -0.2) is 48.6 Å². The van der Waals surface area contributed by atoms with Crippen molar-refractivity contribution in [3.05, 3.63) is 66.2 Å². The SMILES string of the molecule is O=C(NC[C@@H](c1ccccn1)N1CCOCC1)c1cc2ccccc2o1. The van der Waals surface area contributed by atoms with Gasteiger partial charge < -0.3 is 14.5 Å². The third-order valence-electron chi connectivity index (χ3n) is 4.62. The maximum absolute atomic E-state index is 12.6. The van der Waals surface area contributed by atoms with Crippen molar-refractivity contribution in [2.45, 2.75) is 6.04 Å². The molecule has 1 aliphatic heterocycles. The number of fused-ring (bicyclic) bond motifs is 1. The number of aromatic nitrogens is 1. The molecule has 6 nitrogen and oxygen atoms in total. The van der Waals surface area contributed by atoms with Crippen molar-refractivity contribution in [1.29, 1.82) is 0 Å². The van der Waals surface area contributed by atoms with Gasteiger partial charge in [-0.3, -0.25) is 14.7 Å². The summed E-state index contributed by atoms with van der Waals surface area (Å²) >= 11 is 0. The zero-order valence-electron chi connectivity index (χ0n) is 14.4. The number of hydrogen-bond acceptors (Lipinski definition) is 5. The Morgan fingerprint density at radius 2 is 1.96 bits per heavy atom. The molecule has 1 aromatic carbocycles. The van der Waals surface area contributed by atoms with Gasteiger partial charge in [0.15, 0.2) is 5.76 Å². The Bertz CT molecular complexity index is 839. The van der Waals surface area contributed by atoms with Gasteiger partial charge in [-0.1, -0.05) is 24.3 Å². The highest BCUT2D eigenvalue weighted by Crippen LogP contribution is 2.21. The van der Waals surface area contributed by atoms with Crippen molar-refractivity contribution in [3.8, 4) is 0 Å². The average molecular weight is 351 g/mol. The number of nitrogens with one attached hydrogen (secondary N) is 1. The topological polar surface area (TPSA) is 67.6 Å². The van der Waals surface area contributed by atoms with E-state index in [2.05, 4.69) is 15.2 Å². The number of nitrogens with zero attached hydrogens (tertiary/aromatic N) is 2. The van der Waals surface area contributed by atoms with E-state index >= 15 is 0 Å². The number of ether oxygens (including phenoxy) is 1. The zero-order chi connectivity index (χ0) is 17.8. The quantitative estimate of drug-likeness (QED) is 0.765. The van der Waals surface area contributed by atoms with E-state index in [0.29, 0.717) is 31.1 Å². The van der Waals surface area contributed by atoms with Crippen molar-refractivity contribution in [2.75, 3.05) is 32.8 Å². The largest absolute Gasteiger partial charge is 0.451 e. The van der Waals surface area contributed by atoms with E-state index in [0.717, 1.165) is 24.2 Å². The number of pyridine rings is 1. The predicted molar refractivity (Wildman–Crippen MR) is 97.9 cm³/mol. The fourth-order valence-corrected chi connectivity index (χ4v) is 3.25. The lowest BCUT2D eigenvalue weighted by Gasteiger charge is -2.34. The first-order valence-corrected chi connectivity index (χ1v) is 8.81. The van der Waals surface area contributed by atoms with Crippen LogP contribution >= 0.6 is 0 Å². The lowest BCUT2D eigenvalue weighted by Crippen LogP contribution is -2.44. The van der Waals surface area contributed by atoms with Crippen LogP contribution in [0.1, 0.15) is 22.3 Å². The molecule has 1 saturated heterocycles. The summed E-state index contributed by atoms with van der Waals surface area (Å²) in [6, 6.07) is 15.2. The monoisotopic (exact) mass is 351 g/mol. The van der Waals surface area contributed by atoms with Gasteiger partial charge in [-0.15, -0.1) is 0 Å². The van der Waals surface area contributed by atoms with Gasteiger partial charge in [0.25, 0.3) is 5.91 Å². The Morgan fingerprint density at radius 3 is 2.73 bits per heavy atom. The van der Waals surface area contributed by atoms with Gasteiger partial charge in [0, 0.05) is 31.2 Å². The van der Waals surface area contributed by atoms with Crippen molar-refractivity contribution < 1.29 is 13.9 Å². The van der Waals surface area contributed by atoms with Crippen molar-refractivity contribution in [3.63, 3.8) is 0 Å². The fraction of sp³-hybridized carbons (Fsp3) is 0.300. The number of carbonyl (C=O) groups is 1. The first-order chi connectivity index (χ1) is 12.8. The van der Waals surface area contributed by atoms with E-state index in [-0.39, 0.29) is 11.9 Å². The van der Waals surface area contributed by atoms with Crippen LogP contribution in [0.4, 0.5) is 0 Å². The summed E-state index contributed by atoms with van der Waals surface area (Å²) < 4.78 is 11.1. The summed E-state index contributed by atoms with van der Waals surface area (Å²) in [5.41, 5.74) is 1.66. The molecule has 3 aromatic rings. The van der Waals surface area contributed by atoms with E-state index in [1.807, 2.05) is 42.5 Å². The molecule has 0 radical (unpaired) electrons. The Hall–Kier alpha value is -2.70. The summed E-state index contributed by atoms with van der Waals surface area (Å²) in [4.78, 5) is 19.3. The average Bonchev–Trinajstić information content (AvgIpc) is 3.14. The number of rotatable bonds is 5. The lowest BCUT2D eigenvalue weighted by molar-refractivity contribution is 0.0153. The third kappa shape index (κ3) is 3.61. The zero-order valence-corrected chi connectivity index (χ0v) is 14.4. The Morgan fingerprint density at radius 1 is 1.15 bits per heavy atom. The second-order valence-electron chi connectivity index (χ2n) is 6.28. The Labute approximate surface area is 151 Å². The molecule has 0 unspecified atom stereocenters. The van der Waals surface area contributed by atoms with Crippen molar-refractivity contribution in [1.82, 2.24) is 15.2 Å². The summed E-state index contributed by atoms with van der Waals surface area (Å²) in [5, 5.41) is 3.92. The molecule has 0 aliphatic carbocycles. The van der Waals surface area contributed by atoms with Gasteiger partial charge in [0.1, 0.15) is 5.58 Å². The van der Waals surface area contributed by atoms with Gasteiger partial charge in [0.2, 0.25) is 0 Å². The van der Waals surface area contributed by atoms with Gasteiger partial charge >= 0.3 is 0 Å². The number of furan rings is 1.